The maximum atomic E-state index is 12.8. The number of primary amides is 1. The number of likely N-dealkylation sites (tertiary alicyclic amines) is 1. The van der Waals surface area contributed by atoms with Crippen LogP contribution in [0.4, 0.5) is 10.5 Å². The molecule has 0 aromatic heterocycles. The molecule has 146 valence electrons. The minimum atomic E-state index is -0.731. The van der Waals surface area contributed by atoms with Crippen molar-refractivity contribution >= 4 is 17.6 Å². The first-order valence-corrected chi connectivity index (χ1v) is 9.08. The lowest BCUT2D eigenvalue weighted by atomic mass is 10.2. The highest BCUT2D eigenvalue weighted by molar-refractivity contribution is 5.94. The van der Waals surface area contributed by atoms with Gasteiger partial charge in [-0.3, -0.25) is 4.79 Å². The van der Waals surface area contributed by atoms with Gasteiger partial charge in [0.2, 0.25) is 5.91 Å². The van der Waals surface area contributed by atoms with Crippen molar-refractivity contribution in [1.29, 1.82) is 0 Å². The van der Waals surface area contributed by atoms with Crippen molar-refractivity contribution in [3.8, 4) is 17.2 Å². The average Bonchev–Trinajstić information content (AvgIpc) is 3.13. The van der Waals surface area contributed by atoms with Gasteiger partial charge in [0.15, 0.2) is 11.5 Å². The Morgan fingerprint density at radius 1 is 1.07 bits per heavy atom. The Hall–Kier alpha value is -3.42. The number of anilines is 1. The third-order valence-corrected chi connectivity index (χ3v) is 4.69. The highest BCUT2D eigenvalue weighted by Gasteiger charge is 2.40. The van der Waals surface area contributed by atoms with E-state index in [1.165, 1.54) is 4.90 Å². The van der Waals surface area contributed by atoms with Crippen LogP contribution in [0.5, 0.6) is 17.2 Å². The topological polar surface area (TPSA) is 103 Å². The lowest BCUT2D eigenvalue weighted by molar-refractivity contribution is -0.121. The summed E-state index contributed by atoms with van der Waals surface area (Å²) < 4.78 is 16.9. The van der Waals surface area contributed by atoms with Crippen LogP contribution in [0.15, 0.2) is 48.5 Å². The number of carbonyl (C=O) groups is 2. The Morgan fingerprint density at radius 2 is 1.82 bits per heavy atom. The van der Waals surface area contributed by atoms with Crippen LogP contribution in [0.25, 0.3) is 0 Å². The van der Waals surface area contributed by atoms with Gasteiger partial charge in [-0.05, 0) is 24.3 Å². The molecule has 8 nitrogen and oxygen atoms in total. The van der Waals surface area contributed by atoms with E-state index in [4.69, 9.17) is 19.9 Å². The van der Waals surface area contributed by atoms with Crippen LogP contribution in [0.3, 0.4) is 0 Å². The Labute approximate surface area is 162 Å². The van der Waals surface area contributed by atoms with Crippen molar-refractivity contribution in [2.75, 3.05) is 25.1 Å². The molecule has 2 aromatic rings. The molecular formula is C20H21N3O5. The van der Waals surface area contributed by atoms with Crippen LogP contribution >= 0.6 is 0 Å². The zero-order valence-corrected chi connectivity index (χ0v) is 15.2. The molecule has 2 aliphatic rings. The molecule has 1 fully saturated rings. The van der Waals surface area contributed by atoms with E-state index < -0.39 is 18.0 Å². The SMILES string of the molecule is NC(=O)[C@@H]1C[C@H](Oc2ccccc2)CN1C(=O)Nc1ccc2c(c1)OCCO2. The fourth-order valence-corrected chi connectivity index (χ4v) is 3.38. The number of carbonyl (C=O) groups excluding carboxylic acids is 2. The molecule has 1 saturated heterocycles. The Kier molecular flexibility index (Phi) is 4.92. The first-order chi connectivity index (χ1) is 13.6. The van der Waals surface area contributed by atoms with Gasteiger partial charge in [0.1, 0.15) is 31.1 Å². The molecule has 8 heteroatoms. The van der Waals surface area contributed by atoms with Gasteiger partial charge in [-0.25, -0.2) is 4.79 Å². The highest BCUT2D eigenvalue weighted by atomic mass is 16.6. The van der Waals surface area contributed by atoms with Gasteiger partial charge in [-0.1, -0.05) is 18.2 Å². The van der Waals surface area contributed by atoms with E-state index in [0.717, 1.165) is 0 Å². The quantitative estimate of drug-likeness (QED) is 0.841. The molecule has 0 unspecified atom stereocenters. The monoisotopic (exact) mass is 383 g/mol. The summed E-state index contributed by atoms with van der Waals surface area (Å²) in [6.07, 6.45) is 0.0321. The summed E-state index contributed by atoms with van der Waals surface area (Å²) in [6, 6.07) is 13.3. The first kappa shape index (κ1) is 18.0. The minimum Gasteiger partial charge on any atom is -0.488 e. The van der Waals surface area contributed by atoms with Crippen LogP contribution in [0.2, 0.25) is 0 Å². The molecule has 2 heterocycles. The number of para-hydroxylation sites is 1. The molecular weight excluding hydrogens is 362 g/mol. The second-order valence-electron chi connectivity index (χ2n) is 6.65. The molecule has 0 saturated carbocycles. The number of hydrogen-bond donors (Lipinski definition) is 2. The second-order valence-corrected chi connectivity index (χ2v) is 6.65. The summed E-state index contributed by atoms with van der Waals surface area (Å²) in [7, 11) is 0. The van der Waals surface area contributed by atoms with E-state index in [0.29, 0.717) is 42.6 Å². The van der Waals surface area contributed by atoms with Crippen molar-refractivity contribution in [3.05, 3.63) is 48.5 Å². The molecule has 2 aliphatic heterocycles. The van der Waals surface area contributed by atoms with Gasteiger partial charge in [-0.15, -0.1) is 0 Å². The number of amides is 3. The summed E-state index contributed by atoms with van der Waals surface area (Å²) in [5, 5.41) is 2.79. The maximum absolute atomic E-state index is 12.8. The Morgan fingerprint density at radius 3 is 2.57 bits per heavy atom. The smallest absolute Gasteiger partial charge is 0.322 e. The number of nitrogens with zero attached hydrogens (tertiary/aromatic N) is 1. The van der Waals surface area contributed by atoms with E-state index in [1.54, 1.807) is 18.2 Å². The second kappa shape index (κ2) is 7.67. The molecule has 3 amide bonds. The van der Waals surface area contributed by atoms with Crippen molar-refractivity contribution in [1.82, 2.24) is 4.90 Å². The number of ether oxygens (including phenoxy) is 3. The fourth-order valence-electron chi connectivity index (χ4n) is 3.38. The molecule has 0 radical (unpaired) electrons. The largest absolute Gasteiger partial charge is 0.488 e. The van der Waals surface area contributed by atoms with E-state index in [1.807, 2.05) is 30.3 Å². The highest BCUT2D eigenvalue weighted by Crippen LogP contribution is 2.33. The summed E-state index contributed by atoms with van der Waals surface area (Å²) in [6.45, 7) is 1.22. The van der Waals surface area contributed by atoms with Gasteiger partial charge < -0.3 is 30.2 Å². The lowest BCUT2D eigenvalue weighted by Gasteiger charge is -2.23. The Bertz CT molecular complexity index is 873. The molecule has 0 spiro atoms. The normalized spacial score (nSPS) is 20.5. The number of nitrogens with two attached hydrogens (primary N) is 1. The number of fused-ring (bicyclic) bond motifs is 1. The van der Waals surface area contributed by atoms with E-state index in [9.17, 15) is 9.59 Å². The van der Waals surface area contributed by atoms with Crippen molar-refractivity contribution in [2.24, 2.45) is 5.73 Å². The first-order valence-electron chi connectivity index (χ1n) is 9.08. The third kappa shape index (κ3) is 3.80. The zero-order chi connectivity index (χ0) is 19.5. The lowest BCUT2D eigenvalue weighted by Crippen LogP contribution is -2.45. The third-order valence-electron chi connectivity index (χ3n) is 4.69. The van der Waals surface area contributed by atoms with Crippen molar-refractivity contribution in [2.45, 2.75) is 18.6 Å². The molecule has 2 atom stereocenters. The van der Waals surface area contributed by atoms with Crippen LogP contribution in [-0.4, -0.2) is 48.7 Å². The number of nitrogens with one attached hydrogen (secondary N) is 1. The van der Waals surface area contributed by atoms with E-state index in [2.05, 4.69) is 5.32 Å². The van der Waals surface area contributed by atoms with E-state index >= 15 is 0 Å². The van der Waals surface area contributed by atoms with Crippen molar-refractivity contribution in [3.63, 3.8) is 0 Å². The molecule has 28 heavy (non-hydrogen) atoms. The summed E-state index contributed by atoms with van der Waals surface area (Å²) in [5.74, 6) is 1.33. The van der Waals surface area contributed by atoms with Crippen LogP contribution < -0.4 is 25.3 Å². The average molecular weight is 383 g/mol. The molecule has 4 rings (SSSR count). The number of hydrogen-bond acceptors (Lipinski definition) is 5. The number of benzene rings is 2. The Balaban J connectivity index is 1.45. The maximum Gasteiger partial charge on any atom is 0.322 e. The molecule has 2 aromatic carbocycles. The standard InChI is InChI=1S/C20H21N3O5/c21-19(24)16-11-15(28-14-4-2-1-3-5-14)12-23(16)20(25)22-13-6-7-17-18(10-13)27-9-8-26-17/h1-7,10,15-16H,8-9,11-12H2,(H2,21,24)(H,22,25)/t15-,16-/m0/s1. The van der Waals surface area contributed by atoms with Crippen LogP contribution in [-0.2, 0) is 4.79 Å². The summed E-state index contributed by atoms with van der Waals surface area (Å²) >= 11 is 0. The van der Waals surface area contributed by atoms with Gasteiger partial charge in [0, 0.05) is 18.2 Å². The molecule has 0 aliphatic carbocycles. The van der Waals surface area contributed by atoms with E-state index in [-0.39, 0.29) is 12.6 Å². The van der Waals surface area contributed by atoms with Crippen molar-refractivity contribution < 1.29 is 23.8 Å². The van der Waals surface area contributed by atoms with Gasteiger partial charge >= 0.3 is 6.03 Å². The molecule has 3 N–H and O–H groups in total. The predicted octanol–water partition coefficient (Wildman–Crippen LogP) is 2.00. The van der Waals surface area contributed by atoms with Gasteiger partial charge in [0.05, 0.1) is 6.54 Å². The summed E-state index contributed by atoms with van der Waals surface area (Å²) in [5.41, 5.74) is 6.06. The number of urea groups is 1. The van der Waals surface area contributed by atoms with Crippen LogP contribution in [0, 0.1) is 0 Å². The number of rotatable bonds is 4. The van der Waals surface area contributed by atoms with Gasteiger partial charge in [0.25, 0.3) is 0 Å². The van der Waals surface area contributed by atoms with Crippen LogP contribution in [0.1, 0.15) is 6.42 Å². The fraction of sp³-hybridized carbons (Fsp3) is 0.300. The van der Waals surface area contributed by atoms with Gasteiger partial charge in [-0.2, -0.15) is 0 Å². The zero-order valence-electron chi connectivity index (χ0n) is 15.2. The molecule has 0 bridgehead atoms. The predicted molar refractivity (Wildman–Crippen MR) is 102 cm³/mol. The minimum absolute atomic E-state index is 0.263. The summed E-state index contributed by atoms with van der Waals surface area (Å²) in [4.78, 5) is 26.1.